The second-order valence-corrected chi connectivity index (χ2v) is 7.72. The molecule has 1 aromatic rings. The summed E-state index contributed by atoms with van der Waals surface area (Å²) in [5, 5.41) is 11.7. The molecule has 144 valence electrons. The Bertz CT molecular complexity index is 523. The van der Waals surface area contributed by atoms with E-state index in [1.165, 1.54) is 19.3 Å². The van der Waals surface area contributed by atoms with Gasteiger partial charge in [-0.2, -0.15) is 16.7 Å². The minimum atomic E-state index is 0. The maximum atomic E-state index is 5.27. The zero-order valence-corrected chi connectivity index (χ0v) is 18.9. The highest BCUT2D eigenvalue weighted by molar-refractivity contribution is 14.0. The van der Waals surface area contributed by atoms with Gasteiger partial charge in [0.2, 0.25) is 5.89 Å². The maximum absolute atomic E-state index is 5.27. The van der Waals surface area contributed by atoms with Gasteiger partial charge in [-0.25, -0.2) is 0 Å². The van der Waals surface area contributed by atoms with Crippen molar-refractivity contribution in [3.05, 3.63) is 11.7 Å². The van der Waals surface area contributed by atoms with E-state index in [-0.39, 0.29) is 24.0 Å². The number of nitrogens with one attached hydrogen (secondary N) is 2. The average Bonchev–Trinajstić information content (AvgIpc) is 3.20. The second-order valence-electron chi connectivity index (χ2n) is 6.58. The molecule has 2 unspecified atom stereocenters. The first kappa shape index (κ1) is 22.5. The third-order valence-corrected chi connectivity index (χ3v) is 5.32. The first-order chi connectivity index (χ1) is 11.6. The third kappa shape index (κ3) is 7.72. The zero-order chi connectivity index (χ0) is 17.4. The predicted octanol–water partition coefficient (Wildman–Crippen LogP) is 3.58. The number of aromatic nitrogens is 2. The highest BCUT2D eigenvalue weighted by Crippen LogP contribution is 2.28. The van der Waals surface area contributed by atoms with Crippen LogP contribution in [-0.2, 0) is 6.42 Å². The normalized spacial score (nSPS) is 20.6. The number of hydrogen-bond acceptors (Lipinski definition) is 5. The zero-order valence-electron chi connectivity index (χ0n) is 15.7. The summed E-state index contributed by atoms with van der Waals surface area (Å²) in [6, 6.07) is 0.546. The molecule has 0 spiro atoms. The number of aryl methyl sites for hydroxylation is 1. The minimum absolute atomic E-state index is 0. The Kier molecular flexibility index (Phi) is 10.8. The molecule has 0 bridgehead atoms. The van der Waals surface area contributed by atoms with E-state index in [0.29, 0.717) is 17.9 Å². The van der Waals surface area contributed by atoms with Crippen molar-refractivity contribution in [3.63, 3.8) is 0 Å². The number of aliphatic imine (C=N–C) groups is 1. The molecule has 1 fully saturated rings. The van der Waals surface area contributed by atoms with E-state index >= 15 is 0 Å². The maximum Gasteiger partial charge on any atom is 0.226 e. The topological polar surface area (TPSA) is 75.3 Å². The first-order valence-electron chi connectivity index (χ1n) is 9.02. The van der Waals surface area contributed by atoms with E-state index < -0.39 is 0 Å². The molecule has 0 saturated heterocycles. The molecule has 0 radical (unpaired) electrons. The highest BCUT2D eigenvalue weighted by Gasteiger charge is 2.24. The summed E-state index contributed by atoms with van der Waals surface area (Å²) in [4.78, 5) is 9.09. The van der Waals surface area contributed by atoms with Gasteiger partial charge in [-0.05, 0) is 38.9 Å². The number of thioether (sulfide) groups is 1. The van der Waals surface area contributed by atoms with Crippen molar-refractivity contribution >= 4 is 41.7 Å². The molecule has 1 aliphatic carbocycles. The van der Waals surface area contributed by atoms with E-state index in [4.69, 9.17) is 4.52 Å². The van der Waals surface area contributed by atoms with Crippen LogP contribution in [0.1, 0.15) is 64.1 Å². The van der Waals surface area contributed by atoms with Crippen LogP contribution in [0.4, 0.5) is 0 Å². The van der Waals surface area contributed by atoms with Crippen LogP contribution in [0.5, 0.6) is 0 Å². The van der Waals surface area contributed by atoms with Crippen molar-refractivity contribution in [1.82, 2.24) is 20.8 Å². The number of guanidine groups is 1. The van der Waals surface area contributed by atoms with Gasteiger partial charge in [-0.3, -0.25) is 4.99 Å². The van der Waals surface area contributed by atoms with Crippen LogP contribution >= 0.6 is 35.7 Å². The Morgan fingerprint density at radius 2 is 2.20 bits per heavy atom. The molecule has 1 aliphatic rings. The lowest BCUT2D eigenvalue weighted by Crippen LogP contribution is -2.42. The van der Waals surface area contributed by atoms with Crippen LogP contribution in [0.3, 0.4) is 0 Å². The molecule has 2 N–H and O–H groups in total. The SMILES string of the molecule is CCNC(=NCCCc1nc(C(C)C)no1)NC1CCC(SC)C1.I. The van der Waals surface area contributed by atoms with Crippen LogP contribution in [-0.4, -0.2) is 46.7 Å². The molecule has 0 aliphatic heterocycles. The smallest absolute Gasteiger partial charge is 0.226 e. The minimum Gasteiger partial charge on any atom is -0.357 e. The molecule has 0 aromatic carbocycles. The van der Waals surface area contributed by atoms with Crippen LogP contribution in [0, 0.1) is 0 Å². The van der Waals surface area contributed by atoms with Crippen LogP contribution in [0.25, 0.3) is 0 Å². The Hall–Kier alpha value is -0.510. The Labute approximate surface area is 172 Å². The summed E-state index contributed by atoms with van der Waals surface area (Å²) in [6.45, 7) is 7.87. The van der Waals surface area contributed by atoms with Gasteiger partial charge in [0.15, 0.2) is 11.8 Å². The number of halogens is 1. The lowest BCUT2D eigenvalue weighted by atomic mass is 10.2. The predicted molar refractivity (Wildman–Crippen MR) is 116 cm³/mol. The summed E-state index contributed by atoms with van der Waals surface area (Å²) in [5.41, 5.74) is 0. The summed E-state index contributed by atoms with van der Waals surface area (Å²) >= 11 is 1.98. The van der Waals surface area contributed by atoms with Crippen molar-refractivity contribution < 1.29 is 4.52 Å². The monoisotopic (exact) mass is 481 g/mol. The van der Waals surface area contributed by atoms with Crippen LogP contribution < -0.4 is 10.6 Å². The van der Waals surface area contributed by atoms with Gasteiger partial charge < -0.3 is 15.2 Å². The Morgan fingerprint density at radius 1 is 1.40 bits per heavy atom. The van der Waals surface area contributed by atoms with Gasteiger partial charge in [-0.1, -0.05) is 19.0 Å². The van der Waals surface area contributed by atoms with E-state index in [1.807, 2.05) is 11.8 Å². The molecule has 25 heavy (non-hydrogen) atoms. The molecule has 1 saturated carbocycles. The van der Waals surface area contributed by atoms with Crippen LogP contribution in [0.15, 0.2) is 9.52 Å². The molecule has 1 aromatic heterocycles. The molecule has 6 nitrogen and oxygen atoms in total. The van der Waals surface area contributed by atoms with Gasteiger partial charge >= 0.3 is 0 Å². The van der Waals surface area contributed by atoms with E-state index in [0.717, 1.165) is 43.0 Å². The van der Waals surface area contributed by atoms with Gasteiger partial charge in [0.25, 0.3) is 0 Å². The fourth-order valence-electron chi connectivity index (χ4n) is 2.82. The van der Waals surface area contributed by atoms with Crippen molar-refractivity contribution in [3.8, 4) is 0 Å². The largest absolute Gasteiger partial charge is 0.357 e. The number of nitrogens with zero attached hydrogens (tertiary/aromatic N) is 3. The van der Waals surface area contributed by atoms with Gasteiger partial charge in [0, 0.05) is 36.7 Å². The third-order valence-electron chi connectivity index (χ3n) is 4.22. The summed E-state index contributed by atoms with van der Waals surface area (Å²) < 4.78 is 5.27. The van der Waals surface area contributed by atoms with E-state index in [9.17, 15) is 0 Å². The average molecular weight is 481 g/mol. The number of rotatable bonds is 8. The molecule has 1 heterocycles. The van der Waals surface area contributed by atoms with Crippen LogP contribution in [0.2, 0.25) is 0 Å². The summed E-state index contributed by atoms with van der Waals surface area (Å²) in [7, 11) is 0. The molecular weight excluding hydrogens is 449 g/mol. The van der Waals surface area contributed by atoms with Crippen molar-refractivity contribution in [2.75, 3.05) is 19.3 Å². The first-order valence-corrected chi connectivity index (χ1v) is 10.3. The molecule has 2 rings (SSSR count). The summed E-state index contributed by atoms with van der Waals surface area (Å²) in [6.07, 6.45) is 7.65. The van der Waals surface area contributed by atoms with Crippen molar-refractivity contribution in [1.29, 1.82) is 0 Å². The van der Waals surface area contributed by atoms with Crippen molar-refractivity contribution in [2.24, 2.45) is 4.99 Å². The van der Waals surface area contributed by atoms with Crippen molar-refractivity contribution in [2.45, 2.75) is 70.1 Å². The lowest BCUT2D eigenvalue weighted by molar-refractivity contribution is 0.369. The number of hydrogen-bond donors (Lipinski definition) is 2. The van der Waals surface area contributed by atoms with E-state index in [2.05, 4.69) is 52.8 Å². The molecule has 8 heteroatoms. The highest BCUT2D eigenvalue weighted by atomic mass is 127. The van der Waals surface area contributed by atoms with Gasteiger partial charge in [-0.15, -0.1) is 24.0 Å². The standard InChI is InChI=1S/C17H31N5OS.HI/c1-5-18-17(20-13-8-9-14(11-13)24-4)19-10-6-7-15-21-16(12(2)3)22-23-15;/h12-14H,5-11H2,1-4H3,(H2,18,19,20);1H. The van der Waals surface area contributed by atoms with Gasteiger partial charge in [0.1, 0.15) is 0 Å². The lowest BCUT2D eigenvalue weighted by Gasteiger charge is -2.17. The van der Waals surface area contributed by atoms with Gasteiger partial charge in [0.05, 0.1) is 0 Å². The molecular formula is C17H32IN5OS. The Balaban J connectivity index is 0.00000312. The Morgan fingerprint density at radius 3 is 2.80 bits per heavy atom. The second kappa shape index (κ2) is 12.0. The fraction of sp³-hybridized carbons (Fsp3) is 0.824. The van der Waals surface area contributed by atoms with E-state index in [1.54, 1.807) is 0 Å². The molecule has 2 atom stereocenters. The quantitative estimate of drug-likeness (QED) is 0.256. The summed E-state index contributed by atoms with van der Waals surface area (Å²) in [5.74, 6) is 2.73. The molecule has 0 amide bonds. The fourth-order valence-corrected chi connectivity index (χ4v) is 3.62.